The van der Waals surface area contributed by atoms with Crippen molar-refractivity contribution in [3.63, 3.8) is 0 Å². The van der Waals surface area contributed by atoms with Gasteiger partial charge >= 0.3 is 0 Å². The van der Waals surface area contributed by atoms with Crippen LogP contribution in [-0.4, -0.2) is 23.7 Å². The third-order valence-electron chi connectivity index (χ3n) is 3.78. The molecule has 4 heteroatoms. The van der Waals surface area contributed by atoms with E-state index in [0.717, 1.165) is 31.6 Å². The highest BCUT2D eigenvalue weighted by molar-refractivity contribution is 7.99. The molecule has 0 aromatic heterocycles. The van der Waals surface area contributed by atoms with Gasteiger partial charge in [-0.15, -0.1) is 11.8 Å². The highest BCUT2D eigenvalue weighted by atomic mass is 32.2. The molecule has 0 bridgehead atoms. The lowest BCUT2D eigenvalue weighted by Crippen LogP contribution is -2.52. The molecule has 118 valence electrons. The molecule has 1 aromatic rings. The Morgan fingerprint density at radius 1 is 1.33 bits per heavy atom. The molecule has 1 rings (SSSR count). The summed E-state index contributed by atoms with van der Waals surface area (Å²) in [4.78, 5) is 12.9. The number of rotatable bonds is 9. The number of hydrogen-bond donors (Lipinski definition) is 2. The number of aryl methyl sites for hydroxylation is 2. The lowest BCUT2D eigenvalue weighted by Gasteiger charge is -2.26. The number of primary amides is 1. The minimum Gasteiger partial charge on any atom is -0.368 e. The molecule has 1 aromatic carbocycles. The van der Waals surface area contributed by atoms with Gasteiger partial charge in [0.2, 0.25) is 5.91 Å². The minimum atomic E-state index is -0.571. The SMILES string of the molecule is CCNC(C)(CCCCSc1cc(C)ccc1C)C(N)=O. The summed E-state index contributed by atoms with van der Waals surface area (Å²) in [5, 5.41) is 3.20. The first kappa shape index (κ1) is 18.1. The van der Waals surface area contributed by atoms with E-state index in [-0.39, 0.29) is 5.91 Å². The Morgan fingerprint density at radius 3 is 2.67 bits per heavy atom. The van der Waals surface area contributed by atoms with E-state index < -0.39 is 5.54 Å². The number of hydrogen-bond acceptors (Lipinski definition) is 3. The van der Waals surface area contributed by atoms with Crippen molar-refractivity contribution in [3.05, 3.63) is 29.3 Å². The van der Waals surface area contributed by atoms with Gasteiger partial charge in [0, 0.05) is 4.90 Å². The topological polar surface area (TPSA) is 55.1 Å². The normalized spacial score (nSPS) is 13.9. The summed E-state index contributed by atoms with van der Waals surface area (Å²) in [5.41, 5.74) is 7.56. The van der Waals surface area contributed by atoms with Crippen molar-refractivity contribution in [3.8, 4) is 0 Å². The Balaban J connectivity index is 2.37. The fourth-order valence-electron chi connectivity index (χ4n) is 2.31. The molecule has 0 aliphatic heterocycles. The number of carbonyl (C=O) groups excluding carboxylic acids is 1. The largest absolute Gasteiger partial charge is 0.368 e. The van der Waals surface area contributed by atoms with Gasteiger partial charge in [-0.2, -0.15) is 0 Å². The van der Waals surface area contributed by atoms with Gasteiger partial charge in [-0.1, -0.05) is 31.0 Å². The van der Waals surface area contributed by atoms with E-state index >= 15 is 0 Å². The Hall–Kier alpha value is -1.00. The van der Waals surface area contributed by atoms with E-state index in [2.05, 4.69) is 37.4 Å². The van der Waals surface area contributed by atoms with Gasteiger partial charge in [0.05, 0.1) is 5.54 Å². The third kappa shape index (κ3) is 5.71. The highest BCUT2D eigenvalue weighted by Gasteiger charge is 2.28. The van der Waals surface area contributed by atoms with Crippen LogP contribution in [0.5, 0.6) is 0 Å². The van der Waals surface area contributed by atoms with Crippen LogP contribution in [0, 0.1) is 13.8 Å². The molecule has 1 amide bonds. The van der Waals surface area contributed by atoms with E-state index in [1.54, 1.807) is 0 Å². The summed E-state index contributed by atoms with van der Waals surface area (Å²) in [6.07, 6.45) is 2.89. The lowest BCUT2D eigenvalue weighted by molar-refractivity contribution is -0.124. The molecule has 0 fully saturated rings. The minimum absolute atomic E-state index is 0.258. The molecule has 1 unspecified atom stereocenters. The van der Waals surface area contributed by atoms with Crippen LogP contribution in [0.3, 0.4) is 0 Å². The molecule has 0 saturated carbocycles. The monoisotopic (exact) mass is 308 g/mol. The molecule has 0 aliphatic carbocycles. The second-order valence-corrected chi connectivity index (χ2v) is 6.94. The van der Waals surface area contributed by atoms with Crippen molar-refractivity contribution in [2.24, 2.45) is 5.73 Å². The number of unbranched alkanes of at least 4 members (excludes halogenated alkanes) is 1. The fourth-order valence-corrected chi connectivity index (χ4v) is 3.45. The molecular formula is C17H28N2OS. The van der Waals surface area contributed by atoms with E-state index in [1.165, 1.54) is 16.0 Å². The second kappa shape index (κ2) is 8.44. The van der Waals surface area contributed by atoms with Crippen LogP contribution >= 0.6 is 11.8 Å². The maximum absolute atomic E-state index is 11.5. The first-order chi connectivity index (χ1) is 9.89. The standard InChI is InChI=1S/C17H28N2OS/c1-5-19-17(4,16(18)20)10-6-7-11-21-15-12-13(2)8-9-14(15)3/h8-9,12,19H,5-7,10-11H2,1-4H3,(H2,18,20). The van der Waals surface area contributed by atoms with Crippen LogP contribution in [-0.2, 0) is 4.79 Å². The molecule has 3 nitrogen and oxygen atoms in total. The molecule has 0 aliphatic rings. The van der Waals surface area contributed by atoms with Gasteiger partial charge < -0.3 is 11.1 Å². The summed E-state index contributed by atoms with van der Waals surface area (Å²) in [5.74, 6) is 0.817. The van der Waals surface area contributed by atoms with E-state index in [1.807, 2.05) is 25.6 Å². The summed E-state index contributed by atoms with van der Waals surface area (Å²) in [6, 6.07) is 6.56. The van der Waals surface area contributed by atoms with Crippen molar-refractivity contribution < 1.29 is 4.79 Å². The predicted octanol–water partition coefficient (Wildman–Crippen LogP) is 3.42. The Bertz CT molecular complexity index is 476. The number of likely N-dealkylation sites (N-methyl/N-ethyl adjacent to an activating group) is 1. The zero-order valence-electron chi connectivity index (χ0n) is 13.7. The zero-order chi connectivity index (χ0) is 15.9. The van der Waals surface area contributed by atoms with Crippen molar-refractivity contribution >= 4 is 17.7 Å². The molecular weight excluding hydrogens is 280 g/mol. The van der Waals surface area contributed by atoms with E-state index in [4.69, 9.17) is 5.73 Å². The van der Waals surface area contributed by atoms with Crippen LogP contribution in [0.1, 0.15) is 44.2 Å². The Labute approximate surface area is 133 Å². The van der Waals surface area contributed by atoms with Crippen LogP contribution < -0.4 is 11.1 Å². The van der Waals surface area contributed by atoms with Gasteiger partial charge in [0.25, 0.3) is 0 Å². The Morgan fingerprint density at radius 2 is 2.05 bits per heavy atom. The molecule has 0 saturated heterocycles. The first-order valence-electron chi connectivity index (χ1n) is 7.64. The van der Waals surface area contributed by atoms with E-state index in [9.17, 15) is 4.79 Å². The van der Waals surface area contributed by atoms with Gasteiger partial charge in [0.15, 0.2) is 0 Å². The average Bonchev–Trinajstić information content (AvgIpc) is 2.42. The van der Waals surface area contributed by atoms with Crippen molar-refractivity contribution in [1.29, 1.82) is 0 Å². The number of carbonyl (C=O) groups is 1. The van der Waals surface area contributed by atoms with Crippen LogP contribution in [0.15, 0.2) is 23.1 Å². The van der Waals surface area contributed by atoms with Crippen molar-refractivity contribution in [2.45, 2.75) is 57.4 Å². The maximum atomic E-state index is 11.5. The smallest absolute Gasteiger partial charge is 0.237 e. The number of amides is 1. The summed E-state index contributed by atoms with van der Waals surface area (Å²) in [6.45, 7) is 8.93. The fraction of sp³-hybridized carbons (Fsp3) is 0.588. The maximum Gasteiger partial charge on any atom is 0.237 e. The van der Waals surface area contributed by atoms with Gasteiger partial charge in [-0.3, -0.25) is 4.79 Å². The number of nitrogens with two attached hydrogens (primary N) is 1. The van der Waals surface area contributed by atoms with Crippen LogP contribution in [0.2, 0.25) is 0 Å². The molecule has 0 spiro atoms. The van der Waals surface area contributed by atoms with Crippen molar-refractivity contribution in [2.75, 3.05) is 12.3 Å². The summed E-state index contributed by atoms with van der Waals surface area (Å²) >= 11 is 1.90. The highest BCUT2D eigenvalue weighted by Crippen LogP contribution is 2.25. The van der Waals surface area contributed by atoms with Crippen molar-refractivity contribution in [1.82, 2.24) is 5.32 Å². The Kier molecular flexibility index (Phi) is 7.26. The number of benzene rings is 1. The number of thioether (sulfide) groups is 1. The molecule has 0 radical (unpaired) electrons. The quantitative estimate of drug-likeness (QED) is 0.543. The lowest BCUT2D eigenvalue weighted by atomic mass is 9.94. The third-order valence-corrected chi connectivity index (χ3v) is 5.03. The molecule has 3 N–H and O–H groups in total. The first-order valence-corrected chi connectivity index (χ1v) is 8.62. The average molecular weight is 308 g/mol. The second-order valence-electron chi connectivity index (χ2n) is 5.80. The molecule has 0 heterocycles. The molecule has 21 heavy (non-hydrogen) atoms. The summed E-state index contributed by atoms with van der Waals surface area (Å²) in [7, 11) is 0. The van der Waals surface area contributed by atoms with E-state index in [0.29, 0.717) is 0 Å². The summed E-state index contributed by atoms with van der Waals surface area (Å²) < 4.78 is 0. The van der Waals surface area contributed by atoms with Gasteiger partial charge in [-0.25, -0.2) is 0 Å². The zero-order valence-corrected chi connectivity index (χ0v) is 14.5. The van der Waals surface area contributed by atoms with Crippen LogP contribution in [0.4, 0.5) is 0 Å². The van der Waals surface area contributed by atoms with Crippen LogP contribution in [0.25, 0.3) is 0 Å². The molecule has 1 atom stereocenters. The van der Waals surface area contributed by atoms with Gasteiger partial charge in [-0.05, 0) is 57.5 Å². The number of nitrogens with one attached hydrogen (secondary N) is 1. The van der Waals surface area contributed by atoms with Gasteiger partial charge in [0.1, 0.15) is 0 Å². The predicted molar refractivity (Wildman–Crippen MR) is 91.8 cm³/mol.